The van der Waals surface area contributed by atoms with E-state index in [1.165, 1.54) is 31.4 Å². The molecule has 0 aliphatic heterocycles. The molecule has 0 heterocycles. The number of amides is 2. The number of rotatable bonds is 6. The molecule has 0 spiro atoms. The molecular formula is C19H20N2O5S. The van der Waals surface area contributed by atoms with Crippen molar-refractivity contribution in [2.75, 3.05) is 25.2 Å². The average Bonchev–Trinajstić information content (AvgIpc) is 2.71. The summed E-state index contributed by atoms with van der Waals surface area (Å²) >= 11 is 1.59. The first-order valence-electron chi connectivity index (χ1n) is 8.04. The van der Waals surface area contributed by atoms with Gasteiger partial charge in [-0.3, -0.25) is 9.59 Å². The molecule has 0 saturated heterocycles. The molecule has 142 valence electrons. The number of aliphatic hydroxyl groups excluding tert-OH is 1. The predicted octanol–water partition coefficient (Wildman–Crippen LogP) is 1.98. The van der Waals surface area contributed by atoms with Crippen LogP contribution in [-0.4, -0.2) is 42.8 Å². The van der Waals surface area contributed by atoms with Gasteiger partial charge < -0.3 is 20.5 Å². The van der Waals surface area contributed by atoms with Crippen LogP contribution in [0.1, 0.15) is 22.0 Å². The van der Waals surface area contributed by atoms with Gasteiger partial charge in [-0.1, -0.05) is 12.1 Å². The normalized spacial score (nSPS) is 11.4. The standard InChI is InChI=1S/C19H20N2O5S/c1-26-19(25)13-3-7-14(8-4-13)21-18(24)17(23)20-11-16(22)12-5-9-15(27-2)10-6-12/h3-10,16,22H,11H2,1-2H3,(H,20,23)(H,21,24)/t16-/m0/s1. The Kier molecular flexibility index (Phi) is 7.39. The van der Waals surface area contributed by atoms with E-state index in [9.17, 15) is 19.5 Å². The van der Waals surface area contributed by atoms with Crippen molar-refractivity contribution in [3.05, 3.63) is 59.7 Å². The zero-order valence-corrected chi connectivity index (χ0v) is 15.7. The van der Waals surface area contributed by atoms with Gasteiger partial charge in [0.05, 0.1) is 18.8 Å². The van der Waals surface area contributed by atoms with Crippen molar-refractivity contribution in [3.63, 3.8) is 0 Å². The Morgan fingerprint density at radius 3 is 2.22 bits per heavy atom. The number of carbonyl (C=O) groups excluding carboxylic acids is 3. The minimum absolute atomic E-state index is 0.0911. The molecule has 0 unspecified atom stereocenters. The van der Waals surface area contributed by atoms with E-state index in [0.717, 1.165) is 4.90 Å². The zero-order chi connectivity index (χ0) is 19.8. The summed E-state index contributed by atoms with van der Waals surface area (Å²) in [5.74, 6) is -2.23. The predicted molar refractivity (Wildman–Crippen MR) is 103 cm³/mol. The lowest BCUT2D eigenvalue weighted by atomic mass is 10.1. The number of ether oxygens (including phenoxy) is 1. The van der Waals surface area contributed by atoms with Gasteiger partial charge in [-0.2, -0.15) is 0 Å². The topological polar surface area (TPSA) is 105 Å². The number of nitrogens with one attached hydrogen (secondary N) is 2. The molecule has 27 heavy (non-hydrogen) atoms. The number of anilines is 1. The monoisotopic (exact) mass is 388 g/mol. The first-order chi connectivity index (χ1) is 12.9. The number of esters is 1. The second kappa shape index (κ2) is 9.75. The lowest BCUT2D eigenvalue weighted by molar-refractivity contribution is -0.136. The van der Waals surface area contributed by atoms with E-state index in [4.69, 9.17) is 0 Å². The van der Waals surface area contributed by atoms with E-state index >= 15 is 0 Å². The number of hydrogen-bond acceptors (Lipinski definition) is 6. The van der Waals surface area contributed by atoms with Crippen molar-refractivity contribution < 1.29 is 24.2 Å². The maximum atomic E-state index is 11.9. The molecule has 0 saturated carbocycles. The van der Waals surface area contributed by atoms with Crippen LogP contribution < -0.4 is 10.6 Å². The second-order valence-electron chi connectivity index (χ2n) is 5.52. The molecule has 2 amide bonds. The first kappa shape index (κ1) is 20.5. The van der Waals surface area contributed by atoms with Crippen molar-refractivity contribution in [1.29, 1.82) is 0 Å². The van der Waals surface area contributed by atoms with Gasteiger partial charge >= 0.3 is 17.8 Å². The van der Waals surface area contributed by atoms with E-state index in [0.29, 0.717) is 16.8 Å². The van der Waals surface area contributed by atoms with Gasteiger partial charge in [0.1, 0.15) is 0 Å². The van der Waals surface area contributed by atoms with Gasteiger partial charge in [0.2, 0.25) is 0 Å². The third-order valence-electron chi connectivity index (χ3n) is 3.73. The molecule has 0 radical (unpaired) electrons. The summed E-state index contributed by atoms with van der Waals surface area (Å²) < 4.78 is 4.58. The van der Waals surface area contributed by atoms with Gasteiger partial charge in [0.15, 0.2) is 0 Å². The maximum Gasteiger partial charge on any atom is 0.337 e. The van der Waals surface area contributed by atoms with Gasteiger partial charge in [-0.25, -0.2) is 4.79 Å². The minimum atomic E-state index is -0.919. The van der Waals surface area contributed by atoms with Crippen LogP contribution in [0.25, 0.3) is 0 Å². The highest BCUT2D eigenvalue weighted by Crippen LogP contribution is 2.18. The third-order valence-corrected chi connectivity index (χ3v) is 4.47. The van der Waals surface area contributed by atoms with E-state index in [1.807, 2.05) is 18.4 Å². The molecule has 0 aromatic heterocycles. The van der Waals surface area contributed by atoms with Crippen molar-refractivity contribution in [1.82, 2.24) is 5.32 Å². The number of carbonyl (C=O) groups is 3. The highest BCUT2D eigenvalue weighted by molar-refractivity contribution is 7.98. The second-order valence-corrected chi connectivity index (χ2v) is 6.40. The molecule has 0 fully saturated rings. The summed E-state index contributed by atoms with van der Waals surface area (Å²) in [5, 5.41) is 14.9. The molecule has 2 aromatic rings. The summed E-state index contributed by atoms with van der Waals surface area (Å²) in [6, 6.07) is 13.2. The van der Waals surface area contributed by atoms with Crippen molar-refractivity contribution in [2.45, 2.75) is 11.0 Å². The summed E-state index contributed by atoms with van der Waals surface area (Å²) in [7, 11) is 1.27. The van der Waals surface area contributed by atoms with E-state index in [-0.39, 0.29) is 6.54 Å². The van der Waals surface area contributed by atoms with Crippen molar-refractivity contribution >= 4 is 35.2 Å². The van der Waals surface area contributed by atoms with Crippen LogP contribution >= 0.6 is 11.8 Å². The summed E-state index contributed by atoms with van der Waals surface area (Å²) in [5.41, 5.74) is 1.33. The highest BCUT2D eigenvalue weighted by Gasteiger charge is 2.16. The lowest BCUT2D eigenvalue weighted by Crippen LogP contribution is -2.37. The first-order valence-corrected chi connectivity index (χ1v) is 9.26. The zero-order valence-electron chi connectivity index (χ0n) is 14.9. The SMILES string of the molecule is COC(=O)c1ccc(NC(=O)C(=O)NC[C@H](O)c2ccc(SC)cc2)cc1. The lowest BCUT2D eigenvalue weighted by Gasteiger charge is -2.13. The van der Waals surface area contributed by atoms with Gasteiger partial charge in [0, 0.05) is 17.1 Å². The molecule has 1 atom stereocenters. The minimum Gasteiger partial charge on any atom is -0.465 e. The number of hydrogen-bond donors (Lipinski definition) is 3. The van der Waals surface area contributed by atoms with Crippen LogP contribution in [0.2, 0.25) is 0 Å². The van der Waals surface area contributed by atoms with Crippen LogP contribution in [0.15, 0.2) is 53.4 Å². The average molecular weight is 388 g/mol. The molecular weight excluding hydrogens is 368 g/mol. The van der Waals surface area contributed by atoms with Gasteiger partial charge in [-0.05, 0) is 48.2 Å². The Morgan fingerprint density at radius 2 is 1.67 bits per heavy atom. The summed E-state index contributed by atoms with van der Waals surface area (Å²) in [4.78, 5) is 36.2. The van der Waals surface area contributed by atoms with E-state index in [1.54, 1.807) is 23.9 Å². The number of methoxy groups -OCH3 is 1. The largest absolute Gasteiger partial charge is 0.465 e. The van der Waals surface area contributed by atoms with Crippen molar-refractivity contribution in [2.24, 2.45) is 0 Å². The Labute approximate surface area is 161 Å². The Bertz CT molecular complexity index is 806. The maximum absolute atomic E-state index is 11.9. The van der Waals surface area contributed by atoms with Crippen LogP contribution in [-0.2, 0) is 14.3 Å². The summed E-state index contributed by atoms with van der Waals surface area (Å²) in [6.07, 6.45) is 1.03. The summed E-state index contributed by atoms with van der Waals surface area (Å²) in [6.45, 7) is -0.0911. The van der Waals surface area contributed by atoms with Crippen LogP contribution in [0.4, 0.5) is 5.69 Å². The fourth-order valence-corrected chi connectivity index (χ4v) is 2.62. The van der Waals surface area contributed by atoms with Crippen molar-refractivity contribution in [3.8, 4) is 0 Å². The van der Waals surface area contributed by atoms with Crippen LogP contribution in [0, 0.1) is 0 Å². The van der Waals surface area contributed by atoms with Gasteiger partial charge in [-0.15, -0.1) is 11.8 Å². The Morgan fingerprint density at radius 1 is 1.04 bits per heavy atom. The smallest absolute Gasteiger partial charge is 0.337 e. The molecule has 2 rings (SSSR count). The van der Waals surface area contributed by atoms with Gasteiger partial charge in [0.25, 0.3) is 0 Å². The molecule has 2 aromatic carbocycles. The molecule has 0 aliphatic carbocycles. The third kappa shape index (κ3) is 5.83. The van der Waals surface area contributed by atoms with E-state index in [2.05, 4.69) is 15.4 Å². The van der Waals surface area contributed by atoms with Crippen LogP contribution in [0.5, 0.6) is 0 Å². The number of benzene rings is 2. The number of aliphatic hydroxyl groups is 1. The fourth-order valence-electron chi connectivity index (χ4n) is 2.21. The molecule has 7 nitrogen and oxygen atoms in total. The molecule has 3 N–H and O–H groups in total. The Hall–Kier alpha value is -2.84. The highest BCUT2D eigenvalue weighted by atomic mass is 32.2. The molecule has 0 aliphatic rings. The van der Waals surface area contributed by atoms with Crippen LogP contribution in [0.3, 0.4) is 0 Å². The Balaban J connectivity index is 1.85. The van der Waals surface area contributed by atoms with E-state index < -0.39 is 23.9 Å². The molecule has 0 bridgehead atoms. The fraction of sp³-hybridized carbons (Fsp3) is 0.211. The number of thioether (sulfide) groups is 1. The quantitative estimate of drug-likeness (QED) is 0.397. The molecule has 8 heteroatoms.